The monoisotopic (exact) mass is 279 g/mol. The van der Waals surface area contributed by atoms with Crippen molar-refractivity contribution in [3.63, 3.8) is 0 Å². The Morgan fingerprint density at radius 3 is 2.95 bits per heavy atom. The first-order chi connectivity index (χ1) is 9.50. The van der Waals surface area contributed by atoms with Gasteiger partial charge in [0, 0.05) is 11.6 Å². The lowest BCUT2D eigenvalue weighted by Gasteiger charge is -2.21. The maximum Gasteiger partial charge on any atom is 0.236 e. The van der Waals surface area contributed by atoms with E-state index in [2.05, 4.69) is 10.1 Å². The van der Waals surface area contributed by atoms with Crippen molar-refractivity contribution in [1.82, 2.24) is 10.1 Å². The van der Waals surface area contributed by atoms with Gasteiger partial charge in [-0.2, -0.15) is 4.98 Å². The number of hydrogen-bond acceptors (Lipinski definition) is 6. The molecule has 1 aliphatic rings. The summed E-state index contributed by atoms with van der Waals surface area (Å²) in [5.74, 6) is -0.540. The van der Waals surface area contributed by atoms with Crippen LogP contribution in [0.4, 0.5) is 4.39 Å². The first-order valence-electron chi connectivity index (χ1n) is 6.17. The van der Waals surface area contributed by atoms with E-state index in [1.165, 1.54) is 12.1 Å². The Hall–Kier alpha value is -1.99. The molecule has 106 valence electrons. The minimum atomic E-state index is -0.735. The number of phenols is 1. The maximum atomic E-state index is 13.3. The highest BCUT2D eigenvalue weighted by molar-refractivity contribution is 5.56. The number of aromatic nitrogens is 2. The zero-order chi connectivity index (χ0) is 14.3. The first-order valence-corrected chi connectivity index (χ1v) is 6.17. The quantitative estimate of drug-likeness (QED) is 0.857. The number of nitrogens with zero attached hydrogens (tertiary/aromatic N) is 2. The molecule has 1 aliphatic heterocycles. The molecule has 6 nitrogen and oxygen atoms in total. The summed E-state index contributed by atoms with van der Waals surface area (Å²) in [6.45, 7) is 2.72. The average molecular weight is 279 g/mol. The SMILES string of the molecule is CC1(c2nc(-c3ccc(O)c(F)c3)no2)COCC1N. The number of rotatable bonds is 2. The topological polar surface area (TPSA) is 94.4 Å². The van der Waals surface area contributed by atoms with Gasteiger partial charge in [-0.1, -0.05) is 5.16 Å². The molecule has 2 aromatic rings. The standard InChI is InChI=1S/C13H14FN3O3/c1-13(6-19-5-10(13)15)12-16-11(17-20-12)7-2-3-9(18)8(14)4-7/h2-4,10,18H,5-6,15H2,1H3. The van der Waals surface area contributed by atoms with Crippen molar-refractivity contribution in [2.24, 2.45) is 5.73 Å². The molecule has 0 aliphatic carbocycles. The van der Waals surface area contributed by atoms with E-state index in [1.54, 1.807) is 0 Å². The van der Waals surface area contributed by atoms with Gasteiger partial charge >= 0.3 is 0 Å². The average Bonchev–Trinajstić information content (AvgIpc) is 3.02. The summed E-state index contributed by atoms with van der Waals surface area (Å²) in [6.07, 6.45) is 0. The molecule has 20 heavy (non-hydrogen) atoms. The molecular weight excluding hydrogens is 265 g/mol. The molecule has 1 saturated heterocycles. The van der Waals surface area contributed by atoms with Crippen LogP contribution in [0.5, 0.6) is 5.75 Å². The normalized spacial score (nSPS) is 26.1. The molecule has 1 aromatic carbocycles. The van der Waals surface area contributed by atoms with Crippen LogP contribution in [-0.2, 0) is 10.2 Å². The second kappa shape index (κ2) is 4.53. The van der Waals surface area contributed by atoms with Gasteiger partial charge in [0.1, 0.15) is 0 Å². The Kier molecular flexibility index (Phi) is 2.95. The summed E-state index contributed by atoms with van der Waals surface area (Å²) in [5.41, 5.74) is 5.87. The molecule has 2 unspecified atom stereocenters. The molecule has 2 atom stereocenters. The zero-order valence-electron chi connectivity index (χ0n) is 10.8. The Morgan fingerprint density at radius 2 is 2.30 bits per heavy atom. The third kappa shape index (κ3) is 1.95. The summed E-state index contributed by atoms with van der Waals surface area (Å²) < 4.78 is 23.9. The van der Waals surface area contributed by atoms with Gasteiger partial charge in [-0.25, -0.2) is 4.39 Å². The molecule has 1 fully saturated rings. The lowest BCUT2D eigenvalue weighted by atomic mass is 9.86. The van der Waals surface area contributed by atoms with E-state index in [9.17, 15) is 9.50 Å². The number of ether oxygens (including phenoxy) is 1. The Labute approximate surface area is 114 Å². The van der Waals surface area contributed by atoms with Crippen molar-refractivity contribution in [2.75, 3.05) is 13.2 Å². The number of phenolic OH excluding ortho intramolecular Hbond substituents is 1. The second-order valence-corrected chi connectivity index (χ2v) is 5.13. The number of benzene rings is 1. The first kappa shape index (κ1) is 13.0. The predicted molar refractivity (Wildman–Crippen MR) is 67.5 cm³/mol. The van der Waals surface area contributed by atoms with Gasteiger partial charge in [-0.3, -0.25) is 0 Å². The molecule has 0 radical (unpaired) electrons. The predicted octanol–water partition coefficient (Wildman–Crippen LogP) is 1.20. The van der Waals surface area contributed by atoms with E-state index < -0.39 is 17.0 Å². The van der Waals surface area contributed by atoms with Crippen LogP contribution in [0, 0.1) is 5.82 Å². The van der Waals surface area contributed by atoms with E-state index in [0.29, 0.717) is 24.7 Å². The highest BCUT2D eigenvalue weighted by Crippen LogP contribution is 2.32. The molecule has 3 rings (SSSR count). The lowest BCUT2D eigenvalue weighted by Crippen LogP contribution is -2.42. The number of nitrogens with two attached hydrogens (primary N) is 1. The van der Waals surface area contributed by atoms with Gasteiger partial charge in [0.25, 0.3) is 0 Å². The third-order valence-corrected chi connectivity index (χ3v) is 3.64. The number of halogens is 1. The van der Waals surface area contributed by atoms with E-state index >= 15 is 0 Å². The number of aromatic hydroxyl groups is 1. The van der Waals surface area contributed by atoms with Crippen molar-refractivity contribution in [3.05, 3.63) is 29.9 Å². The van der Waals surface area contributed by atoms with Crippen LogP contribution >= 0.6 is 0 Å². The molecule has 2 heterocycles. The van der Waals surface area contributed by atoms with Crippen molar-refractivity contribution < 1.29 is 18.8 Å². The zero-order valence-corrected chi connectivity index (χ0v) is 10.8. The van der Waals surface area contributed by atoms with Crippen LogP contribution in [0.25, 0.3) is 11.4 Å². The summed E-state index contributed by atoms with van der Waals surface area (Å²) in [7, 11) is 0. The number of hydrogen-bond donors (Lipinski definition) is 2. The van der Waals surface area contributed by atoms with E-state index in [1.807, 2.05) is 6.92 Å². The summed E-state index contributed by atoms with van der Waals surface area (Å²) in [4.78, 5) is 4.27. The minimum Gasteiger partial charge on any atom is -0.505 e. The molecule has 0 spiro atoms. The van der Waals surface area contributed by atoms with Crippen LogP contribution in [0.1, 0.15) is 12.8 Å². The molecule has 0 saturated carbocycles. The molecule has 0 bridgehead atoms. The molecular formula is C13H14FN3O3. The van der Waals surface area contributed by atoms with Gasteiger partial charge in [-0.15, -0.1) is 0 Å². The van der Waals surface area contributed by atoms with Crippen LogP contribution < -0.4 is 5.73 Å². The Bertz CT molecular complexity index is 646. The van der Waals surface area contributed by atoms with Gasteiger partial charge in [0.05, 0.1) is 18.6 Å². The fourth-order valence-electron chi connectivity index (χ4n) is 2.13. The lowest BCUT2D eigenvalue weighted by molar-refractivity contribution is 0.169. The highest BCUT2D eigenvalue weighted by atomic mass is 19.1. The molecule has 0 amide bonds. The summed E-state index contributed by atoms with van der Waals surface area (Å²) in [5, 5.41) is 13.0. The van der Waals surface area contributed by atoms with Crippen molar-refractivity contribution >= 4 is 0 Å². The van der Waals surface area contributed by atoms with E-state index in [4.69, 9.17) is 15.0 Å². The van der Waals surface area contributed by atoms with Gasteiger partial charge in [-0.05, 0) is 25.1 Å². The second-order valence-electron chi connectivity index (χ2n) is 5.13. The Balaban J connectivity index is 1.96. The fraction of sp³-hybridized carbons (Fsp3) is 0.385. The molecule has 7 heteroatoms. The van der Waals surface area contributed by atoms with Crippen LogP contribution in [0.3, 0.4) is 0 Å². The highest BCUT2D eigenvalue weighted by Gasteiger charge is 2.44. The summed E-state index contributed by atoms with van der Waals surface area (Å²) >= 11 is 0. The third-order valence-electron chi connectivity index (χ3n) is 3.64. The van der Waals surface area contributed by atoms with Gasteiger partial charge in [0.15, 0.2) is 11.6 Å². The van der Waals surface area contributed by atoms with Crippen molar-refractivity contribution in [1.29, 1.82) is 0 Å². The largest absolute Gasteiger partial charge is 0.505 e. The van der Waals surface area contributed by atoms with Crippen molar-refractivity contribution in [2.45, 2.75) is 18.4 Å². The van der Waals surface area contributed by atoms with Gasteiger partial charge in [0.2, 0.25) is 11.7 Å². The van der Waals surface area contributed by atoms with E-state index in [0.717, 1.165) is 6.07 Å². The van der Waals surface area contributed by atoms with Crippen LogP contribution in [-0.4, -0.2) is 34.5 Å². The summed E-state index contributed by atoms with van der Waals surface area (Å²) in [6, 6.07) is 3.68. The fourth-order valence-corrected chi connectivity index (χ4v) is 2.13. The molecule has 3 N–H and O–H groups in total. The smallest absolute Gasteiger partial charge is 0.236 e. The Morgan fingerprint density at radius 1 is 1.50 bits per heavy atom. The van der Waals surface area contributed by atoms with Gasteiger partial charge < -0.3 is 20.1 Å². The van der Waals surface area contributed by atoms with Crippen molar-refractivity contribution in [3.8, 4) is 17.1 Å². The molecule has 1 aromatic heterocycles. The minimum absolute atomic E-state index is 0.229. The van der Waals surface area contributed by atoms with E-state index in [-0.39, 0.29) is 11.9 Å². The van der Waals surface area contributed by atoms with Crippen LogP contribution in [0.2, 0.25) is 0 Å². The maximum absolute atomic E-state index is 13.3. The van der Waals surface area contributed by atoms with Crippen LogP contribution in [0.15, 0.2) is 22.7 Å².